The number of rotatable bonds is 6. The quantitative estimate of drug-likeness (QED) is 0.417. The van der Waals surface area contributed by atoms with Crippen LogP contribution in [0.5, 0.6) is 11.5 Å². The number of carbonyl (C=O) groups excluding carboxylic acids is 2. The Kier molecular flexibility index (Phi) is 7.22. The lowest BCUT2D eigenvalue weighted by molar-refractivity contribution is -0.0365. The first kappa shape index (κ1) is 27.2. The summed E-state index contributed by atoms with van der Waals surface area (Å²) < 4.78 is 32.4. The molecule has 1 aliphatic heterocycles. The molecule has 0 bridgehead atoms. The smallest absolute Gasteiger partial charge is 0.407 e. The van der Waals surface area contributed by atoms with Crippen molar-refractivity contribution in [1.29, 1.82) is 0 Å². The van der Waals surface area contributed by atoms with Gasteiger partial charge in [-0.05, 0) is 57.2 Å². The normalized spacial score (nSPS) is 18.3. The molecule has 0 saturated carbocycles. The lowest BCUT2D eigenvalue weighted by Gasteiger charge is -2.32. The number of hydrogen-bond acceptors (Lipinski definition) is 7. The van der Waals surface area contributed by atoms with Crippen LogP contribution in [0.15, 0.2) is 48.7 Å². The predicted molar refractivity (Wildman–Crippen MR) is 138 cm³/mol. The summed E-state index contributed by atoms with van der Waals surface area (Å²) >= 11 is 6.56. The summed E-state index contributed by atoms with van der Waals surface area (Å²) in [6.07, 6.45) is -0.764. The molecule has 0 fully saturated rings. The van der Waals surface area contributed by atoms with Crippen LogP contribution in [-0.2, 0) is 10.3 Å². The Labute approximate surface area is 223 Å². The average molecular weight is 544 g/mol. The molecule has 2 atom stereocenters. The number of hydrogen-bond donors (Lipinski definition) is 3. The van der Waals surface area contributed by atoms with E-state index in [1.165, 1.54) is 37.6 Å². The van der Waals surface area contributed by atoms with Gasteiger partial charge in [0, 0.05) is 27.9 Å². The van der Waals surface area contributed by atoms with Gasteiger partial charge < -0.3 is 30.4 Å². The molecule has 0 unspecified atom stereocenters. The zero-order chi connectivity index (χ0) is 27.8. The summed E-state index contributed by atoms with van der Waals surface area (Å²) in [5.74, 6) is -1.82. The van der Waals surface area contributed by atoms with E-state index in [0.717, 1.165) is 0 Å². The van der Waals surface area contributed by atoms with Crippen molar-refractivity contribution < 1.29 is 33.3 Å². The van der Waals surface area contributed by atoms with E-state index in [4.69, 9.17) is 31.5 Å². The number of aliphatic hydroxyl groups excluding tert-OH is 1. The van der Waals surface area contributed by atoms with Gasteiger partial charge in [-0.15, -0.1) is 0 Å². The highest BCUT2D eigenvalue weighted by molar-refractivity contribution is 6.34. The van der Waals surface area contributed by atoms with Gasteiger partial charge in [0.1, 0.15) is 17.5 Å². The van der Waals surface area contributed by atoms with Gasteiger partial charge in [0.05, 0.1) is 24.9 Å². The number of fused-ring (bicyclic) bond motifs is 1. The number of methoxy groups -OCH3 is 1. The Morgan fingerprint density at radius 3 is 2.55 bits per heavy atom. The molecule has 0 saturated heterocycles. The first-order valence-corrected chi connectivity index (χ1v) is 12.0. The van der Waals surface area contributed by atoms with Gasteiger partial charge in [-0.3, -0.25) is 9.78 Å². The predicted octanol–water partition coefficient (Wildman–Crippen LogP) is 4.49. The Hall–Kier alpha value is -3.89. The maximum atomic E-state index is 15.7. The van der Waals surface area contributed by atoms with Crippen LogP contribution < -0.4 is 20.5 Å². The summed E-state index contributed by atoms with van der Waals surface area (Å²) in [4.78, 5) is 29.2. The van der Waals surface area contributed by atoms with Crippen molar-refractivity contribution in [3.8, 4) is 22.6 Å². The third kappa shape index (κ3) is 4.84. The van der Waals surface area contributed by atoms with Crippen molar-refractivity contribution in [2.75, 3.05) is 13.7 Å². The maximum Gasteiger partial charge on any atom is 0.407 e. The lowest BCUT2D eigenvalue weighted by atomic mass is 9.85. The Balaban J connectivity index is 1.90. The largest absolute Gasteiger partial charge is 0.494 e. The van der Waals surface area contributed by atoms with E-state index < -0.39 is 35.1 Å². The molecular weight excluding hydrogens is 517 g/mol. The molecule has 2 aromatic carbocycles. The number of halogens is 2. The molecule has 9 nitrogen and oxygen atoms in total. The lowest BCUT2D eigenvalue weighted by Crippen LogP contribution is -2.48. The molecule has 200 valence electrons. The molecular formula is C27H27ClFN3O6. The number of nitrogens with one attached hydrogen (secondary N) is 1. The minimum absolute atomic E-state index is 0.00283. The highest BCUT2D eigenvalue weighted by atomic mass is 35.5. The molecule has 11 heteroatoms. The van der Waals surface area contributed by atoms with E-state index in [1.807, 2.05) is 0 Å². The molecule has 0 spiro atoms. The second-order valence-corrected chi connectivity index (χ2v) is 10.1. The number of pyridine rings is 1. The van der Waals surface area contributed by atoms with Crippen LogP contribution in [0.1, 0.15) is 48.5 Å². The third-order valence-corrected chi connectivity index (χ3v) is 6.31. The number of carbonyl (C=O) groups is 2. The first-order valence-electron chi connectivity index (χ1n) is 11.6. The molecule has 0 radical (unpaired) electrons. The minimum atomic E-state index is -1.65. The summed E-state index contributed by atoms with van der Waals surface area (Å²) in [5, 5.41) is 14.5. The minimum Gasteiger partial charge on any atom is -0.494 e. The van der Waals surface area contributed by atoms with Crippen LogP contribution in [0.3, 0.4) is 0 Å². The number of aliphatic hydroxyl groups is 1. The molecule has 2 amide bonds. The molecule has 0 aliphatic carbocycles. The highest BCUT2D eigenvalue weighted by Gasteiger charge is 2.52. The van der Waals surface area contributed by atoms with Gasteiger partial charge in [0.25, 0.3) is 0 Å². The van der Waals surface area contributed by atoms with Crippen molar-refractivity contribution in [2.45, 2.75) is 38.1 Å². The van der Waals surface area contributed by atoms with Crippen LogP contribution in [0.4, 0.5) is 9.18 Å². The highest BCUT2D eigenvalue weighted by Crippen LogP contribution is 2.54. The summed E-state index contributed by atoms with van der Waals surface area (Å²) in [6.45, 7) is 4.87. The monoisotopic (exact) mass is 543 g/mol. The number of benzene rings is 2. The third-order valence-electron chi connectivity index (χ3n) is 6.00. The van der Waals surface area contributed by atoms with Gasteiger partial charge in [-0.25, -0.2) is 9.18 Å². The van der Waals surface area contributed by atoms with Gasteiger partial charge in [0.15, 0.2) is 17.2 Å². The van der Waals surface area contributed by atoms with Gasteiger partial charge >= 0.3 is 6.09 Å². The van der Waals surface area contributed by atoms with Crippen LogP contribution in [0.2, 0.25) is 5.02 Å². The van der Waals surface area contributed by atoms with Gasteiger partial charge in [-0.2, -0.15) is 0 Å². The van der Waals surface area contributed by atoms with Crippen molar-refractivity contribution in [1.82, 2.24) is 10.3 Å². The molecule has 1 aliphatic rings. The number of nitrogens with two attached hydrogens (primary N) is 1. The second-order valence-electron chi connectivity index (χ2n) is 9.67. The number of amides is 2. The van der Waals surface area contributed by atoms with E-state index in [0.29, 0.717) is 0 Å². The van der Waals surface area contributed by atoms with Crippen molar-refractivity contribution in [3.05, 3.63) is 76.3 Å². The fourth-order valence-corrected chi connectivity index (χ4v) is 4.64. The second kappa shape index (κ2) is 10.1. The molecule has 38 heavy (non-hydrogen) atoms. The SMILES string of the molecule is COc1ccc(C(N)=O)c(-c2c(Cl)ccc3c2[C@@H](O)[C@](CNC(=O)OC(C)(C)C)(c2ccccn2)O3)c1F. The van der Waals surface area contributed by atoms with Gasteiger partial charge in [-0.1, -0.05) is 17.7 Å². The zero-order valence-corrected chi connectivity index (χ0v) is 21.9. The van der Waals surface area contributed by atoms with Crippen molar-refractivity contribution in [3.63, 3.8) is 0 Å². The average Bonchev–Trinajstić information content (AvgIpc) is 3.15. The van der Waals surface area contributed by atoms with Crippen molar-refractivity contribution >= 4 is 23.6 Å². The van der Waals surface area contributed by atoms with Gasteiger partial charge in [0.2, 0.25) is 5.91 Å². The number of alkyl carbamates (subject to hydrolysis) is 1. The molecule has 3 aromatic rings. The van der Waals surface area contributed by atoms with Crippen LogP contribution in [0, 0.1) is 5.82 Å². The Bertz CT molecular complexity index is 1400. The summed E-state index contributed by atoms with van der Waals surface area (Å²) in [5.41, 5.74) is 3.08. The number of ether oxygens (including phenoxy) is 3. The Morgan fingerprint density at radius 2 is 1.95 bits per heavy atom. The van der Waals surface area contributed by atoms with E-state index in [-0.39, 0.29) is 51.0 Å². The fraction of sp³-hybridized carbons (Fsp3) is 0.296. The van der Waals surface area contributed by atoms with E-state index in [9.17, 15) is 14.7 Å². The van der Waals surface area contributed by atoms with E-state index in [1.54, 1.807) is 39.0 Å². The topological polar surface area (TPSA) is 133 Å². The summed E-state index contributed by atoms with van der Waals surface area (Å²) in [7, 11) is 1.27. The number of nitrogens with zero attached hydrogens (tertiary/aromatic N) is 1. The van der Waals surface area contributed by atoms with Crippen LogP contribution in [0.25, 0.3) is 11.1 Å². The number of aromatic nitrogens is 1. The Morgan fingerprint density at radius 1 is 1.21 bits per heavy atom. The van der Waals surface area contributed by atoms with E-state index in [2.05, 4.69) is 10.3 Å². The zero-order valence-electron chi connectivity index (χ0n) is 21.2. The fourth-order valence-electron chi connectivity index (χ4n) is 4.38. The van der Waals surface area contributed by atoms with Crippen LogP contribution >= 0.6 is 11.6 Å². The molecule has 2 heterocycles. The first-order chi connectivity index (χ1) is 17.9. The number of primary amides is 1. The maximum absolute atomic E-state index is 15.7. The van der Waals surface area contributed by atoms with Crippen LogP contribution in [-0.4, -0.2) is 41.3 Å². The van der Waals surface area contributed by atoms with E-state index >= 15 is 4.39 Å². The molecule has 1 aromatic heterocycles. The van der Waals surface area contributed by atoms with Crippen molar-refractivity contribution in [2.24, 2.45) is 5.73 Å². The standard InChI is InChI=1S/C27H27ClFN3O6/c1-26(2,3)38-25(35)32-13-27(18-7-5-6-12-31-18)23(33)21-16(37-27)11-9-15(28)20(21)19-14(24(30)34)8-10-17(36-4)22(19)29/h5-12,23,33H,13H2,1-4H3,(H2,30,34)(H,32,35)/t23-,27+/m1/s1. The summed E-state index contributed by atoms with van der Waals surface area (Å²) in [6, 6.07) is 10.5. The molecule has 4 rings (SSSR count). The molecule has 4 N–H and O–H groups in total.